The van der Waals surface area contributed by atoms with E-state index in [9.17, 15) is 0 Å². The molecule has 0 atom stereocenters. The zero-order valence-corrected chi connectivity index (χ0v) is 12.4. The van der Waals surface area contributed by atoms with Gasteiger partial charge in [0.2, 0.25) is 0 Å². The molecule has 0 aliphatic heterocycles. The van der Waals surface area contributed by atoms with Gasteiger partial charge < -0.3 is 4.90 Å². The van der Waals surface area contributed by atoms with Crippen LogP contribution in [0.5, 0.6) is 0 Å². The van der Waals surface area contributed by atoms with E-state index >= 15 is 0 Å². The molecule has 0 aliphatic rings. The molecule has 1 heterocycles. The molecule has 0 saturated carbocycles. The van der Waals surface area contributed by atoms with Crippen molar-refractivity contribution in [3.05, 3.63) is 53.6 Å². The number of rotatable bonds is 2. The van der Waals surface area contributed by atoms with Crippen LogP contribution in [0.2, 0.25) is 5.02 Å². The van der Waals surface area contributed by atoms with Crippen LogP contribution in [0.15, 0.2) is 48.5 Å². The fourth-order valence-electron chi connectivity index (χ4n) is 2.30. The van der Waals surface area contributed by atoms with Gasteiger partial charge in [-0.25, -0.2) is 0 Å². The third kappa shape index (κ3) is 2.22. The number of halogens is 1. The van der Waals surface area contributed by atoms with Crippen molar-refractivity contribution in [3.8, 4) is 10.4 Å². The van der Waals surface area contributed by atoms with Crippen LogP contribution in [0.25, 0.3) is 20.5 Å². The van der Waals surface area contributed by atoms with Gasteiger partial charge in [0.25, 0.3) is 0 Å². The smallest absolute Gasteiger partial charge is 0.0630 e. The van der Waals surface area contributed by atoms with E-state index in [0.717, 1.165) is 5.02 Å². The van der Waals surface area contributed by atoms with E-state index in [1.807, 2.05) is 29.5 Å². The Morgan fingerprint density at radius 1 is 1.00 bits per heavy atom. The summed E-state index contributed by atoms with van der Waals surface area (Å²) in [7, 11) is 4.17. The first-order chi connectivity index (χ1) is 9.16. The molecule has 0 radical (unpaired) electrons. The molecule has 1 nitrogen and oxygen atoms in total. The quantitative estimate of drug-likeness (QED) is 0.619. The highest BCUT2D eigenvalue weighted by Gasteiger charge is 2.15. The van der Waals surface area contributed by atoms with Gasteiger partial charge in [-0.3, -0.25) is 0 Å². The highest BCUT2D eigenvalue weighted by molar-refractivity contribution is 7.23. The third-order valence-electron chi connectivity index (χ3n) is 3.10. The first-order valence-corrected chi connectivity index (χ1v) is 7.31. The average Bonchev–Trinajstić information content (AvgIpc) is 2.78. The molecule has 0 N–H and O–H groups in total. The lowest BCUT2D eigenvalue weighted by Crippen LogP contribution is -2.08. The summed E-state index contributed by atoms with van der Waals surface area (Å²) in [6.45, 7) is 0. The van der Waals surface area contributed by atoms with Crippen molar-refractivity contribution in [2.45, 2.75) is 0 Å². The minimum atomic E-state index is 0.777. The van der Waals surface area contributed by atoms with Crippen LogP contribution in [-0.4, -0.2) is 14.1 Å². The van der Waals surface area contributed by atoms with Gasteiger partial charge in [0.15, 0.2) is 0 Å². The van der Waals surface area contributed by atoms with Crippen LogP contribution < -0.4 is 4.90 Å². The van der Waals surface area contributed by atoms with E-state index < -0.39 is 0 Å². The molecule has 3 heteroatoms. The molecule has 3 rings (SSSR count). The number of thiophene rings is 1. The van der Waals surface area contributed by atoms with Crippen molar-refractivity contribution in [1.29, 1.82) is 0 Å². The number of anilines is 1. The minimum absolute atomic E-state index is 0.777. The van der Waals surface area contributed by atoms with Gasteiger partial charge in [-0.2, -0.15) is 0 Å². The van der Waals surface area contributed by atoms with Crippen molar-refractivity contribution >= 4 is 38.7 Å². The Morgan fingerprint density at radius 3 is 2.53 bits per heavy atom. The molecule has 0 unspecified atom stereocenters. The van der Waals surface area contributed by atoms with Gasteiger partial charge in [0.05, 0.1) is 10.6 Å². The molecule has 3 aromatic rings. The third-order valence-corrected chi connectivity index (χ3v) is 4.55. The molecule has 0 bridgehead atoms. The maximum atomic E-state index is 6.12. The Bertz CT molecular complexity index is 730. The summed E-state index contributed by atoms with van der Waals surface area (Å²) in [5, 5.41) is 2.08. The first-order valence-electron chi connectivity index (χ1n) is 6.11. The standard InChI is InChI=1S/C16H14ClNS/c1-18(2)15-13-8-3-4-9-14(13)19-16(15)11-6-5-7-12(17)10-11/h3-10H,1-2H3. The fraction of sp³-hybridized carbons (Fsp3) is 0.125. The monoisotopic (exact) mass is 287 g/mol. The Hall–Kier alpha value is -1.51. The first kappa shape index (κ1) is 12.5. The van der Waals surface area contributed by atoms with Gasteiger partial charge >= 0.3 is 0 Å². The molecule has 0 amide bonds. The molecular formula is C16H14ClNS. The lowest BCUT2D eigenvalue weighted by Gasteiger charge is -2.14. The van der Waals surface area contributed by atoms with Crippen LogP contribution >= 0.6 is 22.9 Å². The summed E-state index contributed by atoms with van der Waals surface area (Å²) in [4.78, 5) is 3.45. The SMILES string of the molecule is CN(C)c1c(-c2cccc(Cl)c2)sc2ccccc12. The highest BCUT2D eigenvalue weighted by Crippen LogP contribution is 2.44. The number of hydrogen-bond acceptors (Lipinski definition) is 2. The second-order valence-corrected chi connectivity index (χ2v) is 6.17. The van der Waals surface area contributed by atoms with Crippen LogP contribution in [0.1, 0.15) is 0 Å². The molecule has 0 fully saturated rings. The Balaban J connectivity index is 2.31. The molecule has 2 aromatic carbocycles. The second-order valence-electron chi connectivity index (χ2n) is 4.68. The normalized spacial score (nSPS) is 10.9. The van der Waals surface area contributed by atoms with Crippen molar-refractivity contribution in [1.82, 2.24) is 0 Å². The van der Waals surface area contributed by atoms with Crippen molar-refractivity contribution < 1.29 is 0 Å². The molecule has 1 aromatic heterocycles. The second kappa shape index (κ2) is 4.87. The number of nitrogens with zero attached hydrogens (tertiary/aromatic N) is 1. The summed E-state index contributed by atoms with van der Waals surface area (Å²) in [6.07, 6.45) is 0. The van der Waals surface area contributed by atoms with Gasteiger partial charge in [-0.05, 0) is 23.8 Å². The van der Waals surface area contributed by atoms with Gasteiger partial charge in [-0.15, -0.1) is 11.3 Å². The van der Waals surface area contributed by atoms with E-state index in [0.29, 0.717) is 0 Å². The number of hydrogen-bond donors (Lipinski definition) is 0. The van der Waals surface area contributed by atoms with E-state index in [4.69, 9.17) is 11.6 Å². The number of fused-ring (bicyclic) bond motifs is 1. The van der Waals surface area contributed by atoms with E-state index in [2.05, 4.69) is 49.3 Å². The molecular weight excluding hydrogens is 274 g/mol. The lowest BCUT2D eigenvalue weighted by molar-refractivity contribution is 1.15. The molecule has 19 heavy (non-hydrogen) atoms. The average molecular weight is 288 g/mol. The fourth-order valence-corrected chi connectivity index (χ4v) is 3.77. The molecule has 96 valence electrons. The van der Waals surface area contributed by atoms with Crippen LogP contribution in [0.3, 0.4) is 0 Å². The Morgan fingerprint density at radius 2 is 1.79 bits per heavy atom. The molecule has 0 spiro atoms. The maximum Gasteiger partial charge on any atom is 0.0630 e. The predicted molar refractivity (Wildman–Crippen MR) is 86.6 cm³/mol. The summed E-state index contributed by atoms with van der Waals surface area (Å²) >= 11 is 7.93. The van der Waals surface area contributed by atoms with Crippen LogP contribution in [0, 0.1) is 0 Å². The van der Waals surface area contributed by atoms with Crippen molar-refractivity contribution in [2.75, 3.05) is 19.0 Å². The molecule has 0 saturated heterocycles. The summed E-state index contributed by atoms with van der Waals surface area (Å²) in [5.41, 5.74) is 2.44. The topological polar surface area (TPSA) is 3.24 Å². The zero-order chi connectivity index (χ0) is 13.4. The number of benzene rings is 2. The highest BCUT2D eigenvalue weighted by atomic mass is 35.5. The van der Waals surface area contributed by atoms with Gasteiger partial charge in [0.1, 0.15) is 0 Å². The van der Waals surface area contributed by atoms with Crippen LogP contribution in [-0.2, 0) is 0 Å². The largest absolute Gasteiger partial charge is 0.376 e. The Labute approximate surface area is 122 Å². The van der Waals surface area contributed by atoms with E-state index in [1.165, 1.54) is 26.2 Å². The van der Waals surface area contributed by atoms with Crippen LogP contribution in [0.4, 0.5) is 5.69 Å². The lowest BCUT2D eigenvalue weighted by atomic mass is 10.1. The van der Waals surface area contributed by atoms with E-state index in [1.54, 1.807) is 0 Å². The van der Waals surface area contributed by atoms with Crippen molar-refractivity contribution in [3.63, 3.8) is 0 Å². The predicted octanol–water partition coefficient (Wildman–Crippen LogP) is 5.29. The molecule has 0 aliphatic carbocycles. The Kier molecular flexibility index (Phi) is 3.21. The van der Waals surface area contributed by atoms with E-state index in [-0.39, 0.29) is 0 Å². The van der Waals surface area contributed by atoms with Gasteiger partial charge in [-0.1, -0.05) is 41.9 Å². The van der Waals surface area contributed by atoms with Crippen molar-refractivity contribution in [2.24, 2.45) is 0 Å². The summed E-state index contributed by atoms with van der Waals surface area (Å²) in [5.74, 6) is 0. The summed E-state index contributed by atoms with van der Waals surface area (Å²) in [6, 6.07) is 16.6. The zero-order valence-electron chi connectivity index (χ0n) is 10.9. The van der Waals surface area contributed by atoms with Gasteiger partial charge in [0, 0.05) is 29.2 Å². The minimum Gasteiger partial charge on any atom is -0.376 e. The maximum absolute atomic E-state index is 6.12. The summed E-state index contributed by atoms with van der Waals surface area (Å²) < 4.78 is 1.31.